The molecule has 0 heterocycles. The fraction of sp³-hybridized carbons (Fsp3) is 0.571. The quantitative estimate of drug-likeness (QED) is 0.689. The Hall–Kier alpha value is -0.980. The first-order valence-electron chi connectivity index (χ1n) is 6.04. The van der Waals surface area contributed by atoms with Crippen LogP contribution in [-0.2, 0) is 0 Å². The van der Waals surface area contributed by atoms with Crippen LogP contribution in [0.25, 0.3) is 0 Å². The van der Waals surface area contributed by atoms with E-state index in [0.29, 0.717) is 0 Å². The molecular weight excluding hydrogens is 182 g/mol. The molecule has 1 aromatic carbocycles. The minimum Gasteiger partial charge on any atom is -0.399 e. The highest BCUT2D eigenvalue weighted by Gasteiger charge is 2.23. The molecule has 2 N–H and O–H groups in total. The van der Waals surface area contributed by atoms with Crippen LogP contribution < -0.4 is 5.73 Å². The minimum absolute atomic E-state index is 0.738. The van der Waals surface area contributed by atoms with E-state index >= 15 is 0 Å². The van der Waals surface area contributed by atoms with Crippen molar-refractivity contribution in [1.29, 1.82) is 0 Å². The van der Waals surface area contributed by atoms with E-state index in [1.165, 1.54) is 36.8 Å². The third kappa shape index (κ3) is 2.17. The number of hydrogen-bond donors (Lipinski definition) is 1. The van der Waals surface area contributed by atoms with E-state index in [0.717, 1.165) is 17.5 Å². The van der Waals surface area contributed by atoms with Crippen molar-refractivity contribution >= 4 is 5.69 Å². The third-order valence-electron chi connectivity index (χ3n) is 3.81. The standard InChI is InChI=1S/C14H21N/c1-10-5-3-4-6-13(10)14-9-12(15)8-7-11(14)2/h7-10,13H,3-6,15H2,1-2H3/t10-,13-/m0/s1. The van der Waals surface area contributed by atoms with Gasteiger partial charge in [0, 0.05) is 5.69 Å². The third-order valence-corrected chi connectivity index (χ3v) is 3.81. The molecule has 0 bridgehead atoms. The lowest BCUT2D eigenvalue weighted by molar-refractivity contribution is 0.330. The summed E-state index contributed by atoms with van der Waals surface area (Å²) in [6, 6.07) is 6.35. The van der Waals surface area contributed by atoms with Gasteiger partial charge in [-0.1, -0.05) is 32.3 Å². The average molecular weight is 203 g/mol. The molecule has 0 radical (unpaired) electrons. The Bertz CT molecular complexity index is 343. The van der Waals surface area contributed by atoms with Gasteiger partial charge in [-0.15, -0.1) is 0 Å². The summed E-state index contributed by atoms with van der Waals surface area (Å²) < 4.78 is 0. The van der Waals surface area contributed by atoms with E-state index in [2.05, 4.69) is 26.0 Å². The van der Waals surface area contributed by atoms with Gasteiger partial charge in [-0.05, 0) is 48.4 Å². The van der Waals surface area contributed by atoms with E-state index in [1.54, 1.807) is 0 Å². The number of aryl methyl sites for hydroxylation is 1. The fourth-order valence-corrected chi connectivity index (χ4v) is 2.84. The number of nitrogens with two attached hydrogens (primary N) is 1. The number of nitrogen functional groups attached to an aromatic ring is 1. The molecule has 1 aromatic rings. The highest BCUT2D eigenvalue weighted by molar-refractivity contribution is 5.46. The van der Waals surface area contributed by atoms with Gasteiger partial charge in [0.1, 0.15) is 0 Å². The van der Waals surface area contributed by atoms with E-state index in [9.17, 15) is 0 Å². The monoisotopic (exact) mass is 203 g/mol. The van der Waals surface area contributed by atoms with Gasteiger partial charge in [0.25, 0.3) is 0 Å². The maximum Gasteiger partial charge on any atom is 0.0317 e. The van der Waals surface area contributed by atoms with E-state index < -0.39 is 0 Å². The van der Waals surface area contributed by atoms with Crippen LogP contribution in [-0.4, -0.2) is 0 Å². The Morgan fingerprint density at radius 1 is 1.20 bits per heavy atom. The summed E-state index contributed by atoms with van der Waals surface area (Å²) in [4.78, 5) is 0. The lowest BCUT2D eigenvalue weighted by Gasteiger charge is -2.30. The number of anilines is 1. The molecule has 1 aliphatic carbocycles. The molecule has 0 aromatic heterocycles. The van der Waals surface area contributed by atoms with Gasteiger partial charge in [-0.25, -0.2) is 0 Å². The Labute approximate surface area is 92.7 Å². The summed E-state index contributed by atoms with van der Waals surface area (Å²) in [7, 11) is 0. The van der Waals surface area contributed by atoms with E-state index in [4.69, 9.17) is 5.73 Å². The van der Waals surface area contributed by atoms with Gasteiger partial charge in [0.05, 0.1) is 0 Å². The van der Waals surface area contributed by atoms with Crippen LogP contribution in [0, 0.1) is 12.8 Å². The highest BCUT2D eigenvalue weighted by atomic mass is 14.5. The molecule has 1 fully saturated rings. The van der Waals surface area contributed by atoms with Crippen LogP contribution in [0.2, 0.25) is 0 Å². The molecule has 15 heavy (non-hydrogen) atoms. The van der Waals surface area contributed by atoms with Crippen molar-refractivity contribution in [3.63, 3.8) is 0 Å². The SMILES string of the molecule is Cc1ccc(N)cc1[C@H]1CCCC[C@@H]1C. The average Bonchev–Trinajstić information content (AvgIpc) is 2.23. The Morgan fingerprint density at radius 3 is 2.67 bits per heavy atom. The smallest absolute Gasteiger partial charge is 0.0317 e. The summed E-state index contributed by atoms with van der Waals surface area (Å²) in [5.74, 6) is 1.56. The molecule has 0 saturated heterocycles. The molecule has 1 saturated carbocycles. The van der Waals surface area contributed by atoms with Crippen LogP contribution in [0.5, 0.6) is 0 Å². The molecule has 0 aliphatic heterocycles. The lowest BCUT2D eigenvalue weighted by Crippen LogP contribution is -2.16. The van der Waals surface area contributed by atoms with Gasteiger partial charge in [-0.3, -0.25) is 0 Å². The van der Waals surface area contributed by atoms with Crippen molar-refractivity contribution in [3.05, 3.63) is 29.3 Å². The number of hydrogen-bond acceptors (Lipinski definition) is 1. The van der Waals surface area contributed by atoms with Crippen LogP contribution >= 0.6 is 0 Å². The van der Waals surface area contributed by atoms with Crippen molar-refractivity contribution in [1.82, 2.24) is 0 Å². The Kier molecular flexibility index (Phi) is 2.99. The van der Waals surface area contributed by atoms with Crippen molar-refractivity contribution in [2.45, 2.75) is 45.4 Å². The second-order valence-electron chi connectivity index (χ2n) is 4.98. The summed E-state index contributed by atoms with van der Waals surface area (Å²) in [5, 5.41) is 0. The van der Waals surface area contributed by atoms with Crippen LogP contribution in [0.3, 0.4) is 0 Å². The van der Waals surface area contributed by atoms with Gasteiger partial charge in [0.15, 0.2) is 0 Å². The Balaban J connectivity index is 2.30. The normalized spacial score (nSPS) is 26.5. The maximum atomic E-state index is 5.88. The molecule has 82 valence electrons. The Morgan fingerprint density at radius 2 is 1.93 bits per heavy atom. The molecule has 1 nitrogen and oxygen atoms in total. The van der Waals surface area contributed by atoms with E-state index in [-0.39, 0.29) is 0 Å². The van der Waals surface area contributed by atoms with Gasteiger partial charge >= 0.3 is 0 Å². The van der Waals surface area contributed by atoms with Crippen LogP contribution in [0.4, 0.5) is 5.69 Å². The van der Waals surface area contributed by atoms with Gasteiger partial charge in [-0.2, -0.15) is 0 Å². The maximum absolute atomic E-state index is 5.88. The van der Waals surface area contributed by atoms with Gasteiger partial charge < -0.3 is 5.73 Å². The summed E-state index contributed by atoms with van der Waals surface area (Å²) in [5.41, 5.74) is 9.68. The molecule has 0 unspecified atom stereocenters. The van der Waals surface area contributed by atoms with Gasteiger partial charge in [0.2, 0.25) is 0 Å². The molecule has 1 aliphatic rings. The minimum atomic E-state index is 0.738. The number of benzene rings is 1. The zero-order chi connectivity index (χ0) is 10.8. The number of rotatable bonds is 1. The van der Waals surface area contributed by atoms with Crippen molar-refractivity contribution < 1.29 is 0 Å². The van der Waals surface area contributed by atoms with Crippen LogP contribution in [0.15, 0.2) is 18.2 Å². The van der Waals surface area contributed by atoms with Crippen LogP contribution in [0.1, 0.15) is 49.7 Å². The van der Waals surface area contributed by atoms with Crippen molar-refractivity contribution in [2.24, 2.45) is 5.92 Å². The zero-order valence-electron chi connectivity index (χ0n) is 9.79. The topological polar surface area (TPSA) is 26.0 Å². The summed E-state index contributed by atoms with van der Waals surface area (Å²) in [6.45, 7) is 4.59. The second kappa shape index (κ2) is 4.26. The largest absolute Gasteiger partial charge is 0.399 e. The predicted octanol–water partition coefficient (Wildman–Crippen LogP) is 3.87. The second-order valence-corrected chi connectivity index (χ2v) is 4.98. The fourth-order valence-electron chi connectivity index (χ4n) is 2.84. The molecule has 0 spiro atoms. The molecule has 2 rings (SSSR count). The van der Waals surface area contributed by atoms with Crippen molar-refractivity contribution in [2.75, 3.05) is 5.73 Å². The molecule has 0 amide bonds. The van der Waals surface area contributed by atoms with E-state index in [1.807, 2.05) is 6.07 Å². The first-order valence-corrected chi connectivity index (χ1v) is 6.04. The highest BCUT2D eigenvalue weighted by Crippen LogP contribution is 2.39. The first kappa shape index (κ1) is 10.5. The molecular formula is C14H21N. The summed E-state index contributed by atoms with van der Waals surface area (Å²) in [6.07, 6.45) is 5.49. The first-order chi connectivity index (χ1) is 7.18. The molecule has 1 heteroatoms. The molecule has 2 atom stereocenters. The summed E-state index contributed by atoms with van der Waals surface area (Å²) >= 11 is 0. The zero-order valence-corrected chi connectivity index (χ0v) is 9.79. The van der Waals surface area contributed by atoms with Crippen molar-refractivity contribution in [3.8, 4) is 0 Å². The predicted molar refractivity (Wildman–Crippen MR) is 66.0 cm³/mol. The lowest BCUT2D eigenvalue weighted by atomic mass is 9.75.